The first-order chi connectivity index (χ1) is 8.36. The van der Waals surface area contributed by atoms with Crippen LogP contribution >= 0.6 is 0 Å². The van der Waals surface area contributed by atoms with Crippen molar-refractivity contribution in [1.82, 2.24) is 16.0 Å². The predicted molar refractivity (Wildman–Crippen MR) is 58.7 cm³/mol. The van der Waals surface area contributed by atoms with Gasteiger partial charge in [0, 0.05) is 7.05 Å². The Morgan fingerprint density at radius 3 is 2.33 bits per heavy atom. The number of hydrogen-bond donors (Lipinski definition) is 4. The fraction of sp³-hybridized carbons (Fsp3) is 0.556. The average Bonchev–Trinajstić information content (AvgIpc) is 2.26. The molecule has 0 aliphatic heterocycles. The minimum Gasteiger partial charge on any atom is -0.480 e. The molecule has 0 aliphatic rings. The number of aliphatic carboxylic acids is 1. The number of carboxylic acid groups (broad SMARTS) is 1. The van der Waals surface area contributed by atoms with Crippen LogP contribution in [-0.2, 0) is 19.1 Å². The van der Waals surface area contributed by atoms with Gasteiger partial charge in [0.05, 0.1) is 0 Å². The zero-order valence-corrected chi connectivity index (χ0v) is 9.98. The average molecular weight is 261 g/mol. The van der Waals surface area contributed by atoms with Gasteiger partial charge in [-0.1, -0.05) is 0 Å². The Labute approximate surface area is 103 Å². The number of nitrogens with one attached hydrogen (secondary N) is 3. The van der Waals surface area contributed by atoms with Gasteiger partial charge in [0.25, 0.3) is 5.91 Å². The highest BCUT2D eigenvalue weighted by atomic mass is 16.5. The summed E-state index contributed by atoms with van der Waals surface area (Å²) in [7, 11) is 1.41. The van der Waals surface area contributed by atoms with Crippen LogP contribution in [0.4, 0.5) is 4.79 Å². The van der Waals surface area contributed by atoms with Gasteiger partial charge >= 0.3 is 12.0 Å². The lowest BCUT2D eigenvalue weighted by molar-refractivity contribution is -0.143. The molecule has 0 rings (SSSR count). The highest BCUT2D eigenvalue weighted by Crippen LogP contribution is 1.82. The molecule has 0 aromatic rings. The molecule has 0 spiro atoms. The molecule has 0 saturated heterocycles. The van der Waals surface area contributed by atoms with Gasteiger partial charge < -0.3 is 20.5 Å². The van der Waals surface area contributed by atoms with E-state index in [1.54, 1.807) is 0 Å². The molecule has 9 nitrogen and oxygen atoms in total. The quantitative estimate of drug-likeness (QED) is 0.439. The minimum absolute atomic E-state index is 0.417. The van der Waals surface area contributed by atoms with Gasteiger partial charge in [-0.25, -0.2) is 9.59 Å². The summed E-state index contributed by atoms with van der Waals surface area (Å²) in [6.45, 7) is 0.238. The SMILES string of the molecule is CNC(=O)C(C)NC(=O)NC(=O)COCC(=O)O. The number of carbonyl (C=O) groups is 4. The van der Waals surface area contributed by atoms with Crippen molar-refractivity contribution in [3.05, 3.63) is 0 Å². The van der Waals surface area contributed by atoms with E-state index in [1.165, 1.54) is 14.0 Å². The number of amides is 4. The van der Waals surface area contributed by atoms with Crippen LogP contribution in [0.25, 0.3) is 0 Å². The van der Waals surface area contributed by atoms with E-state index < -0.39 is 43.1 Å². The van der Waals surface area contributed by atoms with E-state index in [4.69, 9.17) is 5.11 Å². The molecule has 4 N–H and O–H groups in total. The van der Waals surface area contributed by atoms with Crippen LogP contribution in [0.2, 0.25) is 0 Å². The normalized spacial score (nSPS) is 11.2. The van der Waals surface area contributed by atoms with E-state index in [2.05, 4.69) is 15.4 Å². The van der Waals surface area contributed by atoms with Crippen molar-refractivity contribution in [2.24, 2.45) is 0 Å². The summed E-state index contributed by atoms with van der Waals surface area (Å²) in [5, 5.41) is 14.6. The van der Waals surface area contributed by atoms with Crippen LogP contribution in [0.1, 0.15) is 6.92 Å². The number of carboxylic acids is 1. The summed E-state index contributed by atoms with van der Waals surface area (Å²) in [5.74, 6) is -2.45. The van der Waals surface area contributed by atoms with Crippen molar-refractivity contribution in [1.29, 1.82) is 0 Å². The van der Waals surface area contributed by atoms with Crippen LogP contribution < -0.4 is 16.0 Å². The first-order valence-electron chi connectivity index (χ1n) is 4.98. The minimum atomic E-state index is -1.22. The summed E-state index contributed by atoms with van der Waals surface area (Å²) >= 11 is 0. The number of rotatable bonds is 6. The Hall–Kier alpha value is -2.16. The molecule has 0 heterocycles. The topological polar surface area (TPSA) is 134 Å². The number of ether oxygens (including phenoxy) is 1. The molecular formula is C9H15N3O6. The standard InChI is InChI=1S/C9H15N3O6/c1-5(8(16)10-2)11-9(17)12-6(13)3-18-4-7(14)15/h5H,3-4H2,1-2H3,(H,10,16)(H,14,15)(H2,11,12,13,17). The second kappa shape index (κ2) is 8.01. The van der Waals surface area contributed by atoms with Crippen LogP contribution in [-0.4, -0.2) is 55.2 Å². The van der Waals surface area contributed by atoms with Gasteiger partial charge in [-0.3, -0.25) is 14.9 Å². The Balaban J connectivity index is 3.90. The summed E-state index contributed by atoms with van der Waals surface area (Å²) in [4.78, 5) is 43.4. The molecular weight excluding hydrogens is 246 g/mol. The third-order valence-electron chi connectivity index (χ3n) is 1.70. The third-order valence-corrected chi connectivity index (χ3v) is 1.70. The van der Waals surface area contributed by atoms with Gasteiger partial charge in [-0.05, 0) is 6.92 Å². The smallest absolute Gasteiger partial charge is 0.329 e. The van der Waals surface area contributed by atoms with E-state index in [0.717, 1.165) is 0 Å². The monoisotopic (exact) mass is 261 g/mol. The molecule has 0 fully saturated rings. The first-order valence-corrected chi connectivity index (χ1v) is 4.98. The lowest BCUT2D eigenvalue weighted by atomic mass is 10.3. The zero-order chi connectivity index (χ0) is 14.1. The summed E-state index contributed by atoms with van der Waals surface area (Å²) in [5.41, 5.74) is 0. The van der Waals surface area contributed by atoms with Gasteiger partial charge in [0.2, 0.25) is 5.91 Å². The molecule has 0 radical (unpaired) electrons. The van der Waals surface area contributed by atoms with Crippen molar-refractivity contribution in [2.45, 2.75) is 13.0 Å². The number of hydrogen-bond acceptors (Lipinski definition) is 5. The van der Waals surface area contributed by atoms with Crippen LogP contribution in [0.15, 0.2) is 0 Å². The van der Waals surface area contributed by atoms with Crippen molar-refractivity contribution in [2.75, 3.05) is 20.3 Å². The highest BCUT2D eigenvalue weighted by Gasteiger charge is 2.15. The molecule has 0 aliphatic carbocycles. The third kappa shape index (κ3) is 7.17. The molecule has 0 bridgehead atoms. The fourth-order valence-electron chi connectivity index (χ4n) is 0.909. The van der Waals surface area contributed by atoms with Gasteiger partial charge in [-0.15, -0.1) is 0 Å². The maximum Gasteiger partial charge on any atom is 0.329 e. The summed E-state index contributed by atoms with van der Waals surface area (Å²) in [6.07, 6.45) is 0. The van der Waals surface area contributed by atoms with Crippen molar-refractivity contribution in [3.63, 3.8) is 0 Å². The number of likely N-dealkylation sites (N-methyl/N-ethyl adjacent to an activating group) is 1. The number of carbonyl (C=O) groups excluding carboxylic acids is 3. The van der Waals surface area contributed by atoms with Gasteiger partial charge in [0.15, 0.2) is 0 Å². The Bertz CT molecular complexity index is 343. The molecule has 9 heteroatoms. The molecule has 0 aromatic heterocycles. The van der Waals surface area contributed by atoms with Crippen LogP contribution in [0.5, 0.6) is 0 Å². The van der Waals surface area contributed by atoms with Crippen LogP contribution in [0, 0.1) is 0 Å². The molecule has 0 saturated carbocycles. The molecule has 1 unspecified atom stereocenters. The lowest BCUT2D eigenvalue weighted by Gasteiger charge is -2.12. The van der Waals surface area contributed by atoms with Crippen LogP contribution in [0.3, 0.4) is 0 Å². The second-order valence-electron chi connectivity index (χ2n) is 3.24. The van der Waals surface area contributed by atoms with E-state index in [9.17, 15) is 19.2 Å². The van der Waals surface area contributed by atoms with Crippen molar-refractivity contribution >= 4 is 23.8 Å². The Morgan fingerprint density at radius 2 is 1.83 bits per heavy atom. The molecule has 4 amide bonds. The van der Waals surface area contributed by atoms with E-state index in [1.807, 2.05) is 5.32 Å². The largest absolute Gasteiger partial charge is 0.480 e. The Kier molecular flexibility index (Phi) is 7.05. The van der Waals surface area contributed by atoms with Gasteiger partial charge in [0.1, 0.15) is 19.3 Å². The maximum absolute atomic E-state index is 11.2. The van der Waals surface area contributed by atoms with Crippen molar-refractivity contribution < 1.29 is 29.0 Å². The lowest BCUT2D eigenvalue weighted by Crippen LogP contribution is -2.49. The highest BCUT2D eigenvalue weighted by molar-refractivity contribution is 5.96. The number of imide groups is 1. The van der Waals surface area contributed by atoms with Gasteiger partial charge in [-0.2, -0.15) is 0 Å². The summed E-state index contributed by atoms with van der Waals surface area (Å²) in [6, 6.07) is -1.67. The second-order valence-corrected chi connectivity index (χ2v) is 3.24. The van der Waals surface area contributed by atoms with E-state index in [-0.39, 0.29) is 0 Å². The molecule has 18 heavy (non-hydrogen) atoms. The number of urea groups is 1. The van der Waals surface area contributed by atoms with Crippen molar-refractivity contribution in [3.8, 4) is 0 Å². The van der Waals surface area contributed by atoms with E-state index >= 15 is 0 Å². The molecule has 1 atom stereocenters. The predicted octanol–water partition coefficient (Wildman–Crippen LogP) is -1.95. The van der Waals surface area contributed by atoms with E-state index in [0.29, 0.717) is 0 Å². The fourth-order valence-corrected chi connectivity index (χ4v) is 0.909. The summed E-state index contributed by atoms with van der Waals surface area (Å²) < 4.78 is 4.46. The maximum atomic E-state index is 11.2. The molecule has 102 valence electrons. The Morgan fingerprint density at radius 1 is 1.22 bits per heavy atom. The zero-order valence-electron chi connectivity index (χ0n) is 9.98. The first kappa shape index (κ1) is 15.8. The molecule has 0 aromatic carbocycles.